The Morgan fingerprint density at radius 1 is 1.05 bits per heavy atom. The first-order valence-corrected chi connectivity index (χ1v) is 8.40. The van der Waals surface area contributed by atoms with Crippen molar-refractivity contribution in [2.24, 2.45) is 11.8 Å². The lowest BCUT2D eigenvalue weighted by Crippen LogP contribution is -2.60. The number of esters is 1. The summed E-state index contributed by atoms with van der Waals surface area (Å²) in [7, 11) is 0. The number of ether oxygens (including phenoxy) is 1. The highest BCUT2D eigenvalue weighted by Gasteiger charge is 2.56. The summed E-state index contributed by atoms with van der Waals surface area (Å²) in [6.07, 6.45) is 8.76. The van der Waals surface area contributed by atoms with Crippen molar-refractivity contribution in [1.82, 2.24) is 0 Å². The van der Waals surface area contributed by atoms with Gasteiger partial charge in [-0.25, -0.2) is 4.79 Å². The minimum atomic E-state index is -0.969. The van der Waals surface area contributed by atoms with Gasteiger partial charge in [-0.3, -0.25) is 0 Å². The van der Waals surface area contributed by atoms with Gasteiger partial charge in [0.05, 0.1) is 0 Å². The molecule has 0 radical (unpaired) electrons. The van der Waals surface area contributed by atoms with E-state index >= 15 is 0 Å². The number of aliphatic hydroxyl groups is 1. The SMILES string of the molecule is C=C(C)C(=O)OC(C)(C1CCCC1)C(C)(O)C1CCCC1. The molecule has 0 aliphatic heterocycles. The van der Waals surface area contributed by atoms with Crippen molar-refractivity contribution >= 4 is 5.97 Å². The molecule has 0 aromatic heterocycles. The van der Waals surface area contributed by atoms with Crippen LogP contribution in [0.1, 0.15) is 72.1 Å². The van der Waals surface area contributed by atoms with Gasteiger partial charge in [-0.15, -0.1) is 0 Å². The molecule has 0 aromatic carbocycles. The fourth-order valence-corrected chi connectivity index (χ4v) is 4.25. The van der Waals surface area contributed by atoms with Crippen LogP contribution in [0.3, 0.4) is 0 Å². The molecular formula is C18H30O3. The van der Waals surface area contributed by atoms with Gasteiger partial charge < -0.3 is 9.84 Å². The molecular weight excluding hydrogens is 264 g/mol. The molecule has 3 nitrogen and oxygen atoms in total. The molecule has 2 atom stereocenters. The van der Waals surface area contributed by atoms with Crippen LogP contribution in [0.5, 0.6) is 0 Å². The van der Waals surface area contributed by atoms with Crippen LogP contribution in [0.25, 0.3) is 0 Å². The van der Waals surface area contributed by atoms with E-state index in [0.717, 1.165) is 51.4 Å². The van der Waals surface area contributed by atoms with Crippen LogP contribution in [-0.4, -0.2) is 22.3 Å². The van der Waals surface area contributed by atoms with Gasteiger partial charge in [0.25, 0.3) is 0 Å². The van der Waals surface area contributed by atoms with E-state index in [9.17, 15) is 9.90 Å². The van der Waals surface area contributed by atoms with E-state index in [1.807, 2.05) is 13.8 Å². The third kappa shape index (κ3) is 3.03. The van der Waals surface area contributed by atoms with E-state index in [-0.39, 0.29) is 17.8 Å². The Morgan fingerprint density at radius 2 is 1.48 bits per heavy atom. The van der Waals surface area contributed by atoms with Crippen LogP contribution in [0, 0.1) is 11.8 Å². The highest BCUT2D eigenvalue weighted by Crippen LogP contribution is 2.49. The molecule has 0 spiro atoms. The van der Waals surface area contributed by atoms with E-state index in [2.05, 4.69) is 6.58 Å². The topological polar surface area (TPSA) is 46.5 Å². The lowest BCUT2D eigenvalue weighted by molar-refractivity contribution is -0.214. The Labute approximate surface area is 128 Å². The molecule has 2 aliphatic carbocycles. The van der Waals surface area contributed by atoms with E-state index < -0.39 is 11.2 Å². The van der Waals surface area contributed by atoms with Crippen molar-refractivity contribution in [1.29, 1.82) is 0 Å². The molecule has 0 saturated heterocycles. The monoisotopic (exact) mass is 294 g/mol. The molecule has 3 heteroatoms. The van der Waals surface area contributed by atoms with Crippen LogP contribution in [0.2, 0.25) is 0 Å². The summed E-state index contributed by atoms with van der Waals surface area (Å²) in [5.41, 5.74) is -1.38. The standard InChI is InChI=1S/C18H30O3/c1-13(2)16(19)21-18(4,15-11-7-8-12-15)17(3,20)14-9-5-6-10-14/h14-15,20H,1,5-12H2,2-4H3. The Hall–Kier alpha value is -0.830. The quantitative estimate of drug-likeness (QED) is 0.616. The zero-order valence-electron chi connectivity index (χ0n) is 13.8. The summed E-state index contributed by atoms with van der Waals surface area (Å²) in [5.74, 6) is 0.0973. The van der Waals surface area contributed by atoms with Crippen LogP contribution >= 0.6 is 0 Å². The van der Waals surface area contributed by atoms with E-state index in [1.165, 1.54) is 0 Å². The smallest absolute Gasteiger partial charge is 0.333 e. The average Bonchev–Trinajstić information content (AvgIpc) is 3.11. The van der Waals surface area contributed by atoms with Crippen molar-refractivity contribution in [3.05, 3.63) is 12.2 Å². The van der Waals surface area contributed by atoms with Crippen LogP contribution < -0.4 is 0 Å². The summed E-state index contributed by atoms with van der Waals surface area (Å²) in [5, 5.41) is 11.3. The lowest BCUT2D eigenvalue weighted by atomic mass is 9.68. The maximum atomic E-state index is 12.1. The molecule has 2 rings (SSSR count). The zero-order valence-corrected chi connectivity index (χ0v) is 13.8. The second-order valence-electron chi connectivity index (χ2n) is 7.39. The fraction of sp³-hybridized carbons (Fsp3) is 0.833. The van der Waals surface area contributed by atoms with Crippen molar-refractivity contribution in [3.8, 4) is 0 Å². The molecule has 21 heavy (non-hydrogen) atoms. The third-order valence-electron chi connectivity index (χ3n) is 5.94. The minimum absolute atomic E-state index is 0.223. The molecule has 120 valence electrons. The summed E-state index contributed by atoms with van der Waals surface area (Å²) >= 11 is 0. The molecule has 0 amide bonds. The first kappa shape index (κ1) is 16.5. The first-order chi connectivity index (χ1) is 9.79. The van der Waals surface area contributed by atoms with Gasteiger partial charge in [-0.05, 0) is 52.4 Å². The van der Waals surface area contributed by atoms with Crippen molar-refractivity contribution in [3.63, 3.8) is 0 Å². The van der Waals surface area contributed by atoms with Crippen molar-refractivity contribution < 1.29 is 14.6 Å². The van der Waals surface area contributed by atoms with Gasteiger partial charge in [-0.2, -0.15) is 0 Å². The van der Waals surface area contributed by atoms with Crippen LogP contribution in [0.4, 0.5) is 0 Å². The fourth-order valence-electron chi connectivity index (χ4n) is 4.25. The summed E-state index contributed by atoms with van der Waals surface area (Å²) < 4.78 is 5.87. The number of rotatable bonds is 5. The summed E-state index contributed by atoms with van der Waals surface area (Å²) in [6.45, 7) is 9.19. The van der Waals surface area contributed by atoms with E-state index in [4.69, 9.17) is 4.74 Å². The van der Waals surface area contributed by atoms with Gasteiger partial charge in [0, 0.05) is 11.5 Å². The Kier molecular flexibility index (Phi) is 4.82. The van der Waals surface area contributed by atoms with Gasteiger partial charge >= 0.3 is 5.97 Å². The Bertz CT molecular complexity index is 401. The number of carbonyl (C=O) groups is 1. The molecule has 2 unspecified atom stereocenters. The molecule has 0 aromatic rings. The normalized spacial score (nSPS) is 26.3. The second kappa shape index (κ2) is 6.12. The first-order valence-electron chi connectivity index (χ1n) is 8.40. The lowest BCUT2D eigenvalue weighted by Gasteiger charge is -2.49. The zero-order chi connectivity index (χ0) is 15.7. The maximum Gasteiger partial charge on any atom is 0.333 e. The van der Waals surface area contributed by atoms with Gasteiger partial charge in [0.2, 0.25) is 0 Å². The van der Waals surface area contributed by atoms with Crippen LogP contribution in [-0.2, 0) is 9.53 Å². The molecule has 1 N–H and O–H groups in total. The van der Waals surface area contributed by atoms with Crippen molar-refractivity contribution in [2.75, 3.05) is 0 Å². The molecule has 2 fully saturated rings. The highest BCUT2D eigenvalue weighted by atomic mass is 16.6. The molecule has 2 aliphatic rings. The number of hydrogen-bond donors (Lipinski definition) is 1. The summed E-state index contributed by atoms with van der Waals surface area (Å²) in [6, 6.07) is 0. The van der Waals surface area contributed by atoms with Crippen LogP contribution in [0.15, 0.2) is 12.2 Å². The molecule has 2 saturated carbocycles. The third-order valence-corrected chi connectivity index (χ3v) is 5.94. The molecule has 0 heterocycles. The minimum Gasteiger partial charge on any atom is -0.453 e. The largest absolute Gasteiger partial charge is 0.453 e. The van der Waals surface area contributed by atoms with Gasteiger partial charge in [-0.1, -0.05) is 32.3 Å². The predicted molar refractivity (Wildman–Crippen MR) is 83.9 cm³/mol. The second-order valence-corrected chi connectivity index (χ2v) is 7.39. The predicted octanol–water partition coefficient (Wildman–Crippen LogP) is 4.00. The molecule has 0 bridgehead atoms. The maximum absolute atomic E-state index is 12.1. The Morgan fingerprint density at radius 3 is 1.90 bits per heavy atom. The van der Waals surface area contributed by atoms with Gasteiger partial charge in [0.1, 0.15) is 11.2 Å². The van der Waals surface area contributed by atoms with Crippen molar-refractivity contribution in [2.45, 2.75) is 83.3 Å². The van der Waals surface area contributed by atoms with E-state index in [0.29, 0.717) is 5.57 Å². The summed E-state index contributed by atoms with van der Waals surface area (Å²) in [4.78, 5) is 12.1. The Balaban J connectivity index is 2.29. The highest BCUT2D eigenvalue weighted by molar-refractivity contribution is 5.87. The number of hydrogen-bond acceptors (Lipinski definition) is 3. The van der Waals surface area contributed by atoms with Gasteiger partial charge in [0.15, 0.2) is 0 Å². The average molecular weight is 294 g/mol. The number of carbonyl (C=O) groups excluding carboxylic acids is 1. The van der Waals surface area contributed by atoms with E-state index in [1.54, 1.807) is 6.92 Å².